The van der Waals surface area contributed by atoms with Gasteiger partial charge in [-0.2, -0.15) is 0 Å². The first kappa shape index (κ1) is 14.4. The molecular formula is C14H19FN2OS. The average Bonchev–Trinajstić information content (AvgIpc) is 2.30. The lowest BCUT2D eigenvalue weighted by atomic mass is 10.1. The van der Waals surface area contributed by atoms with E-state index < -0.39 is 0 Å². The Balaban J connectivity index is 2.08. The Labute approximate surface area is 118 Å². The minimum absolute atomic E-state index is 0.183. The number of nitrogens with two attached hydrogens (primary N) is 1. The van der Waals surface area contributed by atoms with Crippen molar-refractivity contribution in [2.75, 3.05) is 13.1 Å². The van der Waals surface area contributed by atoms with E-state index in [9.17, 15) is 4.39 Å². The predicted octanol–water partition coefficient (Wildman–Crippen LogP) is 2.07. The summed E-state index contributed by atoms with van der Waals surface area (Å²) in [5.74, 6) is -0.253. The zero-order valence-corrected chi connectivity index (χ0v) is 12.0. The summed E-state index contributed by atoms with van der Waals surface area (Å²) in [4.78, 5) is 2.43. The average molecular weight is 282 g/mol. The maximum atomic E-state index is 14.0. The molecule has 104 valence electrons. The third kappa shape index (κ3) is 3.72. The lowest BCUT2D eigenvalue weighted by Crippen LogP contribution is -2.44. The number of halogens is 1. The Bertz CT molecular complexity index is 471. The van der Waals surface area contributed by atoms with Crippen molar-refractivity contribution in [3.8, 4) is 0 Å². The van der Waals surface area contributed by atoms with Gasteiger partial charge >= 0.3 is 0 Å². The highest BCUT2D eigenvalue weighted by Gasteiger charge is 2.22. The lowest BCUT2D eigenvalue weighted by Gasteiger charge is -2.35. The summed E-state index contributed by atoms with van der Waals surface area (Å²) in [5.41, 5.74) is 6.73. The highest BCUT2D eigenvalue weighted by atomic mass is 32.1. The molecule has 1 aliphatic heterocycles. The number of thiocarbonyl (C=S) groups is 1. The predicted molar refractivity (Wildman–Crippen MR) is 77.6 cm³/mol. The van der Waals surface area contributed by atoms with Crippen LogP contribution in [0.1, 0.15) is 25.0 Å². The molecule has 0 saturated carbocycles. The molecule has 1 heterocycles. The molecule has 0 aromatic heterocycles. The molecule has 5 heteroatoms. The van der Waals surface area contributed by atoms with Crippen LogP contribution in [0.15, 0.2) is 18.2 Å². The van der Waals surface area contributed by atoms with Crippen LogP contribution >= 0.6 is 12.2 Å². The number of hydrogen-bond acceptors (Lipinski definition) is 3. The summed E-state index contributed by atoms with van der Waals surface area (Å²) in [7, 11) is 0. The molecular weight excluding hydrogens is 263 g/mol. The van der Waals surface area contributed by atoms with Gasteiger partial charge in [0.25, 0.3) is 0 Å². The fraction of sp³-hybridized carbons (Fsp3) is 0.500. The number of rotatable bonds is 3. The number of morpholine rings is 1. The van der Waals surface area contributed by atoms with Crippen LogP contribution in [0, 0.1) is 5.82 Å². The van der Waals surface area contributed by atoms with Gasteiger partial charge in [-0.05, 0) is 19.9 Å². The highest BCUT2D eigenvalue weighted by Crippen LogP contribution is 2.17. The number of ether oxygens (including phenoxy) is 1. The van der Waals surface area contributed by atoms with E-state index in [1.165, 1.54) is 6.07 Å². The van der Waals surface area contributed by atoms with Gasteiger partial charge in [-0.1, -0.05) is 24.4 Å². The van der Waals surface area contributed by atoms with Gasteiger partial charge in [-0.25, -0.2) is 4.39 Å². The van der Waals surface area contributed by atoms with E-state index in [-0.39, 0.29) is 23.0 Å². The number of hydrogen-bond donors (Lipinski definition) is 1. The molecule has 0 bridgehead atoms. The van der Waals surface area contributed by atoms with Gasteiger partial charge in [0.1, 0.15) is 10.8 Å². The van der Waals surface area contributed by atoms with Crippen molar-refractivity contribution in [3.63, 3.8) is 0 Å². The maximum absolute atomic E-state index is 14.0. The Morgan fingerprint density at radius 2 is 2.05 bits per heavy atom. The Kier molecular flexibility index (Phi) is 4.50. The molecule has 3 nitrogen and oxygen atoms in total. The zero-order valence-electron chi connectivity index (χ0n) is 11.2. The zero-order chi connectivity index (χ0) is 14.0. The maximum Gasteiger partial charge on any atom is 0.128 e. The molecule has 1 fully saturated rings. The van der Waals surface area contributed by atoms with Crippen molar-refractivity contribution >= 4 is 17.2 Å². The van der Waals surface area contributed by atoms with Gasteiger partial charge in [0.2, 0.25) is 0 Å². The summed E-state index contributed by atoms with van der Waals surface area (Å²) < 4.78 is 19.7. The normalized spacial score (nSPS) is 24.4. The van der Waals surface area contributed by atoms with E-state index in [2.05, 4.69) is 4.90 Å². The molecule has 2 atom stereocenters. The first-order valence-electron chi connectivity index (χ1n) is 6.41. The Morgan fingerprint density at radius 1 is 1.42 bits per heavy atom. The van der Waals surface area contributed by atoms with Crippen molar-refractivity contribution in [1.82, 2.24) is 4.90 Å². The second-order valence-electron chi connectivity index (χ2n) is 5.12. The van der Waals surface area contributed by atoms with Gasteiger partial charge in [-0.3, -0.25) is 4.90 Å². The molecule has 0 radical (unpaired) electrons. The van der Waals surface area contributed by atoms with Gasteiger partial charge < -0.3 is 10.5 Å². The molecule has 1 aromatic carbocycles. The standard InChI is InChI=1S/C14H19FN2OS/c1-9-6-17(7-10(2)18-9)8-12-4-3-11(14(16)19)5-13(12)15/h3-5,9-10H,6-8H2,1-2H3,(H2,16,19)/t9-,10+. The molecule has 0 unspecified atom stereocenters. The minimum atomic E-state index is -0.253. The van der Waals surface area contributed by atoms with E-state index in [0.29, 0.717) is 17.7 Å². The molecule has 2 rings (SSSR count). The van der Waals surface area contributed by atoms with Gasteiger partial charge in [0, 0.05) is 30.8 Å². The molecule has 1 saturated heterocycles. The first-order chi connectivity index (χ1) is 8.95. The molecule has 1 aromatic rings. The van der Waals surface area contributed by atoms with Crippen LogP contribution < -0.4 is 5.73 Å². The fourth-order valence-electron chi connectivity index (χ4n) is 2.48. The summed E-state index contributed by atoms with van der Waals surface area (Å²) >= 11 is 4.84. The summed E-state index contributed by atoms with van der Waals surface area (Å²) in [6.07, 6.45) is 0.366. The molecule has 1 aliphatic rings. The van der Waals surface area contributed by atoms with Crippen LogP contribution in [0.5, 0.6) is 0 Å². The van der Waals surface area contributed by atoms with Crippen molar-refractivity contribution < 1.29 is 9.13 Å². The fourth-order valence-corrected chi connectivity index (χ4v) is 2.61. The third-order valence-electron chi connectivity index (χ3n) is 3.23. The molecule has 0 amide bonds. The molecule has 0 aliphatic carbocycles. The van der Waals surface area contributed by atoms with Crippen LogP contribution in [0.2, 0.25) is 0 Å². The van der Waals surface area contributed by atoms with Crippen molar-refractivity contribution in [1.29, 1.82) is 0 Å². The van der Waals surface area contributed by atoms with E-state index in [1.54, 1.807) is 12.1 Å². The minimum Gasteiger partial charge on any atom is -0.389 e. The van der Waals surface area contributed by atoms with E-state index >= 15 is 0 Å². The van der Waals surface area contributed by atoms with E-state index in [1.807, 2.05) is 13.8 Å². The quantitative estimate of drug-likeness (QED) is 0.861. The monoisotopic (exact) mass is 282 g/mol. The van der Waals surface area contributed by atoms with Gasteiger partial charge in [-0.15, -0.1) is 0 Å². The van der Waals surface area contributed by atoms with Gasteiger partial charge in [0.05, 0.1) is 12.2 Å². The van der Waals surface area contributed by atoms with Crippen LogP contribution in [0.4, 0.5) is 4.39 Å². The molecule has 0 spiro atoms. The van der Waals surface area contributed by atoms with Crippen LogP contribution in [-0.2, 0) is 11.3 Å². The number of nitrogens with zero attached hydrogens (tertiary/aromatic N) is 1. The van der Waals surface area contributed by atoms with Crippen LogP contribution in [0.3, 0.4) is 0 Å². The van der Waals surface area contributed by atoms with Crippen LogP contribution in [-0.4, -0.2) is 35.2 Å². The van der Waals surface area contributed by atoms with Gasteiger partial charge in [0.15, 0.2) is 0 Å². The van der Waals surface area contributed by atoms with Crippen molar-refractivity contribution in [3.05, 3.63) is 35.1 Å². The summed E-state index contributed by atoms with van der Waals surface area (Å²) in [6, 6.07) is 4.94. The SMILES string of the molecule is C[C@@H]1CN(Cc2ccc(C(N)=S)cc2F)C[C@H](C)O1. The summed E-state index contributed by atoms with van der Waals surface area (Å²) in [5, 5.41) is 0. The van der Waals surface area contributed by atoms with E-state index in [4.69, 9.17) is 22.7 Å². The number of benzene rings is 1. The van der Waals surface area contributed by atoms with Crippen molar-refractivity contribution in [2.24, 2.45) is 5.73 Å². The second kappa shape index (κ2) is 5.94. The van der Waals surface area contributed by atoms with Crippen molar-refractivity contribution in [2.45, 2.75) is 32.6 Å². The second-order valence-corrected chi connectivity index (χ2v) is 5.56. The molecule has 2 N–H and O–H groups in total. The largest absolute Gasteiger partial charge is 0.389 e. The van der Waals surface area contributed by atoms with Crippen LogP contribution in [0.25, 0.3) is 0 Å². The smallest absolute Gasteiger partial charge is 0.128 e. The topological polar surface area (TPSA) is 38.5 Å². The first-order valence-corrected chi connectivity index (χ1v) is 6.82. The Morgan fingerprint density at radius 3 is 2.58 bits per heavy atom. The lowest BCUT2D eigenvalue weighted by molar-refractivity contribution is -0.0707. The highest BCUT2D eigenvalue weighted by molar-refractivity contribution is 7.80. The summed E-state index contributed by atoms with van der Waals surface area (Å²) in [6.45, 7) is 6.30. The van der Waals surface area contributed by atoms with E-state index in [0.717, 1.165) is 13.1 Å². The third-order valence-corrected chi connectivity index (χ3v) is 3.46. The Hall–Kier alpha value is -1.04. The molecule has 19 heavy (non-hydrogen) atoms.